The molecule has 0 N–H and O–H groups in total. The smallest absolute Gasteiger partial charge is 0.306 e. The lowest BCUT2D eigenvalue weighted by atomic mass is 10.1. The summed E-state index contributed by atoms with van der Waals surface area (Å²) < 4.78 is 12.7. The minimum atomic E-state index is -0.215. The Hall–Kier alpha value is -6.06. The first-order valence-electron chi connectivity index (χ1n) is 20.0. The van der Waals surface area contributed by atoms with Crippen molar-refractivity contribution < 1.29 is 19.1 Å². The van der Waals surface area contributed by atoms with Crippen LogP contribution in [-0.4, -0.2) is 32.1 Å². The first kappa shape index (κ1) is 39.8. The van der Waals surface area contributed by atoms with Crippen molar-refractivity contribution in [2.45, 2.75) is 39.0 Å². The number of benzene rings is 6. The van der Waals surface area contributed by atoms with Crippen molar-refractivity contribution in [1.29, 1.82) is 0 Å². The average Bonchev–Trinajstić information content (AvgIpc) is 3.89. The molecule has 0 aliphatic rings. The van der Waals surface area contributed by atoms with E-state index in [9.17, 15) is 9.59 Å². The number of Topliss-reactive ketones (excluding diaryl/α,β-unsaturated/α-hetero) is 1. The van der Waals surface area contributed by atoms with Crippen LogP contribution in [0.4, 0.5) is 34.1 Å². The highest BCUT2D eigenvalue weighted by Gasteiger charge is 2.17. The number of rotatable bonds is 17. The van der Waals surface area contributed by atoms with E-state index in [1.165, 1.54) is 35.5 Å². The number of ether oxygens (including phenoxy) is 2. The molecule has 6 nitrogen and oxygen atoms in total. The lowest BCUT2D eigenvalue weighted by Gasteiger charge is -2.25. The molecule has 0 atom stereocenters. The van der Waals surface area contributed by atoms with Crippen molar-refractivity contribution in [3.63, 3.8) is 0 Å². The molecule has 0 unspecified atom stereocenters. The summed E-state index contributed by atoms with van der Waals surface area (Å²) in [4.78, 5) is 30.7. The molecule has 8 heteroatoms. The minimum Gasteiger partial charge on any atom is -0.463 e. The number of ketones is 1. The Morgan fingerprint density at radius 1 is 0.508 bits per heavy atom. The van der Waals surface area contributed by atoms with Gasteiger partial charge in [-0.25, -0.2) is 0 Å². The van der Waals surface area contributed by atoms with Crippen LogP contribution in [0.25, 0.3) is 29.9 Å². The molecule has 2 heterocycles. The van der Waals surface area contributed by atoms with Gasteiger partial charge in [-0.05, 0) is 145 Å². The quantitative estimate of drug-likeness (QED) is 0.0674. The molecule has 0 radical (unpaired) electrons. The SMILES string of the molecule is COCCOC(=O)CCc1ccc(N(c2ccccc2)c2ccc3sc(-c4cc5cc(N(c6ccccc6)c6ccc(CCCC(C)=O)cc6)ccc5s4)cc3c2)cc1. The third-order valence-corrected chi connectivity index (χ3v) is 12.8. The van der Waals surface area contributed by atoms with Gasteiger partial charge in [0.05, 0.1) is 6.61 Å². The Kier molecular flexibility index (Phi) is 12.6. The molecule has 0 spiro atoms. The van der Waals surface area contributed by atoms with Crippen LogP contribution in [0, 0.1) is 0 Å². The van der Waals surface area contributed by atoms with Crippen LogP contribution in [0.3, 0.4) is 0 Å². The van der Waals surface area contributed by atoms with E-state index in [-0.39, 0.29) is 18.4 Å². The zero-order valence-electron chi connectivity index (χ0n) is 33.3. The van der Waals surface area contributed by atoms with E-state index in [4.69, 9.17) is 9.47 Å². The number of carbonyl (C=O) groups is 2. The predicted octanol–water partition coefficient (Wildman–Crippen LogP) is 13.8. The molecule has 59 heavy (non-hydrogen) atoms. The zero-order valence-corrected chi connectivity index (χ0v) is 34.9. The summed E-state index contributed by atoms with van der Waals surface area (Å²) in [6, 6.07) is 56.2. The molecule has 0 saturated carbocycles. The standard InChI is InChI=1S/C51H46N2O4S2/c1-36(54)10-9-11-37-16-21-43(22-17-37)52(41-12-5-3-6-13-41)45-25-27-47-39(32-45)34-49(58-47)50-35-40-33-46(26-28-48(40)59-50)53(42-14-7-4-8-15-42)44-23-18-38(19-24-44)20-29-51(55)57-31-30-56-2/h3-8,12-19,21-28,32-35H,9-11,20,29-31H2,1-2H3. The summed E-state index contributed by atoms with van der Waals surface area (Å²) in [6.45, 7) is 2.34. The van der Waals surface area contributed by atoms with Gasteiger partial charge in [-0.15, -0.1) is 22.7 Å². The van der Waals surface area contributed by atoms with E-state index in [1.54, 1.807) is 14.0 Å². The Labute approximate surface area is 353 Å². The van der Waals surface area contributed by atoms with E-state index in [1.807, 2.05) is 28.7 Å². The number of hydrogen-bond acceptors (Lipinski definition) is 8. The molecule has 0 aliphatic carbocycles. The molecule has 0 saturated heterocycles. The van der Waals surface area contributed by atoms with Gasteiger partial charge in [0.25, 0.3) is 0 Å². The van der Waals surface area contributed by atoms with Gasteiger partial charge in [-0.3, -0.25) is 4.79 Å². The second-order valence-corrected chi connectivity index (χ2v) is 16.8. The van der Waals surface area contributed by atoms with Gasteiger partial charge in [-0.1, -0.05) is 60.7 Å². The summed E-state index contributed by atoms with van der Waals surface area (Å²) in [5.41, 5.74) is 8.82. The monoisotopic (exact) mass is 814 g/mol. The topological polar surface area (TPSA) is 59.1 Å². The van der Waals surface area contributed by atoms with Gasteiger partial charge in [-0.2, -0.15) is 0 Å². The van der Waals surface area contributed by atoms with E-state index in [2.05, 4.69) is 161 Å². The number of hydrogen-bond donors (Lipinski definition) is 0. The molecule has 0 aliphatic heterocycles. The fourth-order valence-corrected chi connectivity index (χ4v) is 9.51. The number of fused-ring (bicyclic) bond motifs is 2. The molecule has 2 aromatic heterocycles. The van der Waals surface area contributed by atoms with E-state index < -0.39 is 0 Å². The largest absolute Gasteiger partial charge is 0.463 e. The molecule has 0 amide bonds. The Bertz CT molecular complexity index is 2650. The van der Waals surface area contributed by atoms with Crippen molar-refractivity contribution in [2.24, 2.45) is 0 Å². The molecule has 6 aromatic carbocycles. The van der Waals surface area contributed by atoms with Crippen molar-refractivity contribution in [3.05, 3.63) is 169 Å². The van der Waals surface area contributed by atoms with Crippen LogP contribution in [0.5, 0.6) is 0 Å². The summed E-state index contributed by atoms with van der Waals surface area (Å²) in [5, 5.41) is 2.41. The van der Waals surface area contributed by atoms with Crippen LogP contribution in [-0.2, 0) is 31.9 Å². The number of nitrogens with zero attached hydrogens (tertiary/aromatic N) is 2. The van der Waals surface area contributed by atoms with E-state index in [0.29, 0.717) is 25.9 Å². The van der Waals surface area contributed by atoms with Gasteiger partial charge >= 0.3 is 5.97 Å². The number of esters is 1. The Morgan fingerprint density at radius 3 is 1.44 bits per heavy atom. The fourth-order valence-electron chi connectivity index (χ4n) is 7.35. The summed E-state index contributed by atoms with van der Waals surface area (Å²) >= 11 is 3.65. The van der Waals surface area contributed by atoms with Gasteiger partial charge in [0.15, 0.2) is 0 Å². The summed E-state index contributed by atoms with van der Waals surface area (Å²) in [7, 11) is 1.59. The van der Waals surface area contributed by atoms with Crippen LogP contribution in [0.15, 0.2) is 158 Å². The lowest BCUT2D eigenvalue weighted by molar-refractivity contribution is -0.144. The number of carbonyl (C=O) groups excluding carboxylic acids is 2. The van der Waals surface area contributed by atoms with Crippen LogP contribution >= 0.6 is 22.7 Å². The number of methoxy groups -OCH3 is 1. The average molecular weight is 815 g/mol. The third kappa shape index (κ3) is 9.64. The maximum atomic E-state index is 12.2. The van der Waals surface area contributed by atoms with Gasteiger partial charge in [0.1, 0.15) is 12.4 Å². The Balaban J connectivity index is 1.05. The van der Waals surface area contributed by atoms with Gasteiger partial charge in [0.2, 0.25) is 0 Å². The number of thiophene rings is 2. The predicted molar refractivity (Wildman–Crippen MR) is 247 cm³/mol. The van der Waals surface area contributed by atoms with E-state index >= 15 is 0 Å². The van der Waals surface area contributed by atoms with Gasteiger partial charge in [0, 0.05) is 73.2 Å². The maximum Gasteiger partial charge on any atom is 0.306 e. The molecule has 8 aromatic rings. The van der Waals surface area contributed by atoms with Crippen LogP contribution in [0.2, 0.25) is 0 Å². The number of para-hydroxylation sites is 2. The molecule has 8 rings (SSSR count). The maximum absolute atomic E-state index is 12.2. The number of aryl methyl sites for hydroxylation is 2. The highest BCUT2D eigenvalue weighted by atomic mass is 32.1. The second-order valence-electron chi connectivity index (χ2n) is 14.6. The minimum absolute atomic E-state index is 0.215. The third-order valence-electron chi connectivity index (χ3n) is 10.3. The summed E-state index contributed by atoms with van der Waals surface area (Å²) in [6.07, 6.45) is 3.33. The molecule has 0 bridgehead atoms. The Morgan fingerprint density at radius 2 is 0.966 bits per heavy atom. The molecule has 0 fully saturated rings. The van der Waals surface area contributed by atoms with Gasteiger partial charge < -0.3 is 24.1 Å². The first-order chi connectivity index (χ1) is 28.9. The van der Waals surface area contributed by atoms with Crippen LogP contribution < -0.4 is 9.80 Å². The highest BCUT2D eigenvalue weighted by Crippen LogP contribution is 2.44. The molecule has 296 valence electrons. The highest BCUT2D eigenvalue weighted by molar-refractivity contribution is 7.28. The summed E-state index contributed by atoms with van der Waals surface area (Å²) in [5.74, 6) is 0.0241. The van der Waals surface area contributed by atoms with Crippen LogP contribution in [0.1, 0.15) is 37.3 Å². The van der Waals surface area contributed by atoms with Crippen molar-refractivity contribution in [2.75, 3.05) is 30.1 Å². The van der Waals surface area contributed by atoms with Crippen molar-refractivity contribution in [1.82, 2.24) is 0 Å². The number of anilines is 6. The van der Waals surface area contributed by atoms with Crippen molar-refractivity contribution in [3.8, 4) is 9.75 Å². The fraction of sp³-hybridized carbons (Fsp3) is 0.176. The normalized spacial score (nSPS) is 11.2. The van der Waals surface area contributed by atoms with Crippen molar-refractivity contribution >= 4 is 88.7 Å². The molecular weight excluding hydrogens is 769 g/mol. The molecular formula is C51H46N2O4S2. The van der Waals surface area contributed by atoms with E-state index in [0.717, 1.165) is 52.5 Å². The second kappa shape index (κ2) is 18.7. The lowest BCUT2D eigenvalue weighted by Crippen LogP contribution is -2.11. The first-order valence-corrected chi connectivity index (χ1v) is 21.6. The zero-order chi connectivity index (χ0) is 40.6.